The summed E-state index contributed by atoms with van der Waals surface area (Å²) < 4.78 is 27.8. The van der Waals surface area contributed by atoms with Crippen LogP contribution in [0.1, 0.15) is 27.2 Å². The molecule has 1 fully saturated rings. The van der Waals surface area contributed by atoms with Gasteiger partial charge in [-0.1, -0.05) is 18.2 Å². The number of sulfonamides is 1. The van der Waals surface area contributed by atoms with Crippen LogP contribution in [0.25, 0.3) is 0 Å². The largest absolute Gasteiger partial charge is 0.514 e. The lowest BCUT2D eigenvalue weighted by Gasteiger charge is -2.42. The van der Waals surface area contributed by atoms with Gasteiger partial charge in [-0.2, -0.15) is 4.79 Å². The van der Waals surface area contributed by atoms with Gasteiger partial charge in [-0.3, -0.25) is 14.8 Å². The van der Waals surface area contributed by atoms with Gasteiger partial charge in [0.05, 0.1) is 22.9 Å². The molecule has 178 valence electrons. The van der Waals surface area contributed by atoms with E-state index in [1.165, 1.54) is 12.1 Å². The summed E-state index contributed by atoms with van der Waals surface area (Å²) in [5.41, 5.74) is -0.258. The molecular formula is C22H29N4O6S+. The second kappa shape index (κ2) is 8.99. The lowest BCUT2D eigenvalue weighted by atomic mass is 10.0. The van der Waals surface area contributed by atoms with E-state index in [4.69, 9.17) is 0 Å². The average Bonchev–Trinajstić information content (AvgIpc) is 2.97. The van der Waals surface area contributed by atoms with Crippen molar-refractivity contribution in [1.29, 1.82) is 0 Å². The summed E-state index contributed by atoms with van der Waals surface area (Å²) in [4.78, 5) is 25.0. The highest BCUT2D eigenvalue weighted by Crippen LogP contribution is 2.34. The Morgan fingerprint density at radius 2 is 1.79 bits per heavy atom. The zero-order chi connectivity index (χ0) is 24.4. The number of benzene rings is 2. The lowest BCUT2D eigenvalue weighted by Crippen LogP contribution is -2.64. The number of hydrogen-bond acceptors (Lipinski definition) is 6. The Hall–Kier alpha value is -3.18. The molecule has 1 aliphatic rings. The third-order valence-corrected chi connectivity index (χ3v) is 7.57. The first kappa shape index (κ1) is 24.5. The second-order valence-electron chi connectivity index (χ2n) is 9.09. The summed E-state index contributed by atoms with van der Waals surface area (Å²) in [6, 6.07) is 12.1. The van der Waals surface area contributed by atoms with Crippen molar-refractivity contribution in [2.24, 2.45) is 0 Å². The molecule has 1 atom stereocenters. The van der Waals surface area contributed by atoms with Gasteiger partial charge in [-0.25, -0.2) is 12.9 Å². The first-order valence-electron chi connectivity index (χ1n) is 10.6. The standard InChI is InChI=1S/C22H28N4O6S/c1-22(2,3)26(21(27)28)14-7-12-24(13-15-26)19-11-10-18(16-20(19)25(29)30)33(31,32)23-17-8-5-4-6-9-17/h4-6,8-11,16,23H,7,12-15H2,1-3H3/p+1. The predicted octanol–water partition coefficient (Wildman–Crippen LogP) is 3.90. The number of amides is 1. The highest BCUT2D eigenvalue weighted by Gasteiger charge is 2.48. The van der Waals surface area contributed by atoms with Crippen molar-refractivity contribution in [1.82, 2.24) is 0 Å². The fourth-order valence-corrected chi connectivity index (χ4v) is 5.32. The van der Waals surface area contributed by atoms with E-state index < -0.39 is 26.6 Å². The molecule has 0 bridgehead atoms. The van der Waals surface area contributed by atoms with Crippen LogP contribution in [0.3, 0.4) is 0 Å². The van der Waals surface area contributed by atoms with Crippen LogP contribution in [0, 0.1) is 10.1 Å². The van der Waals surface area contributed by atoms with Crippen LogP contribution in [0.2, 0.25) is 0 Å². The summed E-state index contributed by atoms with van der Waals surface area (Å²) >= 11 is 0. The molecule has 1 amide bonds. The number of nitrogens with zero attached hydrogens (tertiary/aromatic N) is 3. The molecule has 0 aromatic heterocycles. The van der Waals surface area contributed by atoms with E-state index in [1.807, 2.05) is 20.8 Å². The van der Waals surface area contributed by atoms with Crippen LogP contribution in [0.5, 0.6) is 0 Å². The molecule has 2 aromatic carbocycles. The van der Waals surface area contributed by atoms with Crippen molar-refractivity contribution in [3.8, 4) is 0 Å². The van der Waals surface area contributed by atoms with E-state index >= 15 is 0 Å². The highest BCUT2D eigenvalue weighted by atomic mass is 32.2. The fraction of sp³-hybridized carbons (Fsp3) is 0.409. The van der Waals surface area contributed by atoms with Gasteiger partial charge < -0.3 is 10.0 Å². The third-order valence-electron chi connectivity index (χ3n) is 6.19. The monoisotopic (exact) mass is 477 g/mol. The normalized spacial score (nSPS) is 19.5. The molecule has 2 N–H and O–H groups in total. The Balaban J connectivity index is 1.93. The van der Waals surface area contributed by atoms with Crippen LogP contribution in [0.15, 0.2) is 53.4 Å². The van der Waals surface area contributed by atoms with Crippen molar-refractivity contribution >= 4 is 33.2 Å². The van der Waals surface area contributed by atoms with Crippen molar-refractivity contribution in [2.45, 2.75) is 37.6 Å². The lowest BCUT2D eigenvalue weighted by molar-refractivity contribution is -0.901. The Kier molecular flexibility index (Phi) is 6.66. The molecule has 11 heteroatoms. The number of nitrogens with one attached hydrogen (secondary N) is 1. The number of nitro groups is 1. The van der Waals surface area contributed by atoms with Crippen LogP contribution >= 0.6 is 0 Å². The molecule has 0 saturated carbocycles. The zero-order valence-corrected chi connectivity index (χ0v) is 19.7. The molecule has 1 heterocycles. The van der Waals surface area contributed by atoms with Crippen LogP contribution in [0.4, 0.5) is 21.9 Å². The van der Waals surface area contributed by atoms with E-state index in [2.05, 4.69) is 4.72 Å². The number of para-hydroxylation sites is 1. The molecule has 1 unspecified atom stereocenters. The van der Waals surface area contributed by atoms with Gasteiger partial charge >= 0.3 is 6.09 Å². The predicted molar refractivity (Wildman–Crippen MR) is 125 cm³/mol. The minimum absolute atomic E-state index is 0.148. The van der Waals surface area contributed by atoms with Gasteiger partial charge in [0.2, 0.25) is 0 Å². The first-order chi connectivity index (χ1) is 15.4. The minimum atomic E-state index is -4.03. The first-order valence-corrected chi connectivity index (χ1v) is 12.1. The van der Waals surface area contributed by atoms with Crippen molar-refractivity contribution in [2.75, 3.05) is 35.8 Å². The summed E-state index contributed by atoms with van der Waals surface area (Å²) in [5.74, 6) is 0. The SMILES string of the molecule is CC(C)(C)[N+]1(C(=O)O)CCCN(c2ccc(S(=O)(=O)Nc3ccccc3)cc2[N+](=O)[O-])CC1. The Morgan fingerprint density at radius 3 is 2.36 bits per heavy atom. The number of anilines is 2. The molecule has 33 heavy (non-hydrogen) atoms. The van der Waals surface area contributed by atoms with Crippen molar-refractivity contribution in [3.63, 3.8) is 0 Å². The number of rotatable bonds is 5. The van der Waals surface area contributed by atoms with Gasteiger partial charge in [0.25, 0.3) is 15.7 Å². The Bertz CT molecular complexity index is 1150. The Morgan fingerprint density at radius 1 is 1.12 bits per heavy atom. The van der Waals surface area contributed by atoms with Gasteiger partial charge in [0.1, 0.15) is 17.8 Å². The minimum Gasteiger partial charge on any atom is -0.435 e. The van der Waals surface area contributed by atoms with Crippen LogP contribution in [-0.2, 0) is 10.0 Å². The summed E-state index contributed by atoms with van der Waals surface area (Å²) in [6.07, 6.45) is -0.400. The van der Waals surface area contributed by atoms with Crippen molar-refractivity contribution in [3.05, 3.63) is 58.6 Å². The molecule has 0 spiro atoms. The number of nitro benzene ring substituents is 1. The van der Waals surface area contributed by atoms with Gasteiger partial charge in [-0.05, 0) is 45.0 Å². The molecule has 3 rings (SSSR count). The molecule has 0 aliphatic carbocycles. The third kappa shape index (κ3) is 4.93. The van der Waals surface area contributed by atoms with E-state index in [0.29, 0.717) is 31.7 Å². The molecule has 2 aromatic rings. The molecule has 10 nitrogen and oxygen atoms in total. The van der Waals surface area contributed by atoms with Crippen molar-refractivity contribution < 1.29 is 27.7 Å². The van der Waals surface area contributed by atoms with Crippen LogP contribution in [-0.4, -0.2) is 60.7 Å². The van der Waals surface area contributed by atoms with E-state index in [-0.39, 0.29) is 27.3 Å². The van der Waals surface area contributed by atoms with Crippen LogP contribution < -0.4 is 9.62 Å². The number of quaternary nitrogens is 1. The maximum absolute atomic E-state index is 12.8. The summed E-state index contributed by atoms with van der Waals surface area (Å²) in [5, 5.41) is 21.8. The topological polar surface area (TPSA) is 130 Å². The van der Waals surface area contributed by atoms with E-state index in [0.717, 1.165) is 6.07 Å². The second-order valence-corrected chi connectivity index (χ2v) is 10.8. The molecule has 1 aliphatic heterocycles. The number of hydrogen-bond donors (Lipinski definition) is 2. The van der Waals surface area contributed by atoms with Gasteiger partial charge in [-0.15, -0.1) is 0 Å². The molecular weight excluding hydrogens is 448 g/mol. The number of carbonyl (C=O) groups is 1. The molecule has 1 saturated heterocycles. The Labute approximate surface area is 193 Å². The highest BCUT2D eigenvalue weighted by molar-refractivity contribution is 7.92. The average molecular weight is 478 g/mol. The fourth-order valence-electron chi connectivity index (χ4n) is 4.24. The summed E-state index contributed by atoms with van der Waals surface area (Å²) in [7, 11) is -4.03. The number of carboxylic acid groups (broad SMARTS) is 1. The summed E-state index contributed by atoms with van der Waals surface area (Å²) in [6.45, 7) is 7.01. The maximum Gasteiger partial charge on any atom is 0.514 e. The van der Waals surface area contributed by atoms with Gasteiger partial charge in [0, 0.05) is 24.7 Å². The van der Waals surface area contributed by atoms with E-state index in [9.17, 15) is 28.4 Å². The maximum atomic E-state index is 12.8. The quantitative estimate of drug-likeness (QED) is 0.379. The zero-order valence-electron chi connectivity index (χ0n) is 18.9. The smallest absolute Gasteiger partial charge is 0.435 e. The molecule has 0 radical (unpaired) electrons. The van der Waals surface area contributed by atoms with E-state index in [1.54, 1.807) is 35.2 Å². The van der Waals surface area contributed by atoms with Gasteiger partial charge in [0.15, 0.2) is 0 Å².